The van der Waals surface area contributed by atoms with E-state index < -0.39 is 6.10 Å². The van der Waals surface area contributed by atoms with Gasteiger partial charge in [-0.05, 0) is 32.8 Å². The molecule has 2 nitrogen and oxygen atoms in total. The van der Waals surface area contributed by atoms with Crippen LogP contribution in [0.5, 0.6) is 0 Å². The van der Waals surface area contributed by atoms with Gasteiger partial charge in [-0.15, -0.1) is 0 Å². The molecular weight excluding hydrogens is 229 g/mol. The maximum Gasteiger partial charge on any atom is 0.129 e. The number of likely N-dealkylation sites (tertiary alicyclic amines) is 1. The summed E-state index contributed by atoms with van der Waals surface area (Å²) in [5.74, 6) is -0.317. The van der Waals surface area contributed by atoms with E-state index in [1.165, 1.54) is 12.5 Å². The van der Waals surface area contributed by atoms with Crippen LogP contribution in [-0.2, 0) is 0 Å². The molecule has 18 heavy (non-hydrogen) atoms. The molecule has 1 aliphatic heterocycles. The number of benzene rings is 1. The Morgan fingerprint density at radius 2 is 1.89 bits per heavy atom. The summed E-state index contributed by atoms with van der Waals surface area (Å²) >= 11 is 0. The van der Waals surface area contributed by atoms with E-state index >= 15 is 0 Å². The Morgan fingerprint density at radius 1 is 1.28 bits per heavy atom. The first-order chi connectivity index (χ1) is 8.59. The quantitative estimate of drug-likeness (QED) is 0.892. The van der Waals surface area contributed by atoms with E-state index in [4.69, 9.17) is 0 Å². The lowest BCUT2D eigenvalue weighted by Crippen LogP contribution is -2.45. The Kier molecular flexibility index (Phi) is 4.36. The largest absolute Gasteiger partial charge is 0.387 e. The first-order valence-corrected chi connectivity index (χ1v) is 6.78. The second-order valence-electron chi connectivity index (χ2n) is 5.36. The van der Waals surface area contributed by atoms with Crippen molar-refractivity contribution in [3.05, 3.63) is 35.6 Å². The standard InChI is InChI=1S/C15H22FNO/c1-11-6-5-7-12(2)17(11)10-15(18)13-8-3-4-9-14(13)16/h3-4,8-9,11-12,15,18H,5-7,10H2,1-2H3. The molecule has 0 aliphatic carbocycles. The minimum absolute atomic E-state index is 0.317. The number of halogens is 1. The monoisotopic (exact) mass is 251 g/mol. The number of hydrogen-bond acceptors (Lipinski definition) is 2. The number of hydrogen-bond donors (Lipinski definition) is 1. The van der Waals surface area contributed by atoms with Crippen molar-refractivity contribution in [2.45, 2.75) is 51.3 Å². The van der Waals surface area contributed by atoms with Crippen LogP contribution in [0.15, 0.2) is 24.3 Å². The molecule has 0 saturated carbocycles. The second-order valence-corrected chi connectivity index (χ2v) is 5.36. The van der Waals surface area contributed by atoms with E-state index in [-0.39, 0.29) is 5.82 Å². The van der Waals surface area contributed by atoms with Crippen LogP contribution in [0.25, 0.3) is 0 Å². The highest BCUT2D eigenvalue weighted by Crippen LogP contribution is 2.26. The van der Waals surface area contributed by atoms with E-state index in [0.717, 1.165) is 12.8 Å². The van der Waals surface area contributed by atoms with E-state index in [0.29, 0.717) is 24.2 Å². The van der Waals surface area contributed by atoms with Gasteiger partial charge in [0.2, 0.25) is 0 Å². The van der Waals surface area contributed by atoms with Crippen molar-refractivity contribution < 1.29 is 9.50 Å². The van der Waals surface area contributed by atoms with Crippen molar-refractivity contribution in [2.75, 3.05) is 6.54 Å². The maximum atomic E-state index is 13.6. The van der Waals surface area contributed by atoms with Gasteiger partial charge in [-0.2, -0.15) is 0 Å². The molecule has 1 aromatic carbocycles. The molecule has 0 amide bonds. The summed E-state index contributed by atoms with van der Waals surface area (Å²) in [5.41, 5.74) is 0.405. The molecule has 0 bridgehead atoms. The molecular formula is C15H22FNO. The number of nitrogens with zero attached hydrogens (tertiary/aromatic N) is 1. The fourth-order valence-electron chi connectivity index (χ4n) is 2.88. The van der Waals surface area contributed by atoms with Crippen LogP contribution < -0.4 is 0 Å². The van der Waals surface area contributed by atoms with E-state index in [9.17, 15) is 9.50 Å². The van der Waals surface area contributed by atoms with Crippen molar-refractivity contribution in [1.29, 1.82) is 0 Å². The summed E-state index contributed by atoms with van der Waals surface area (Å²) < 4.78 is 13.6. The van der Waals surface area contributed by atoms with Crippen LogP contribution in [0.2, 0.25) is 0 Å². The van der Waals surface area contributed by atoms with Crippen LogP contribution in [0.3, 0.4) is 0 Å². The molecule has 3 atom stereocenters. The highest BCUT2D eigenvalue weighted by Gasteiger charge is 2.27. The predicted octanol–water partition coefficient (Wildman–Crippen LogP) is 3.12. The summed E-state index contributed by atoms with van der Waals surface area (Å²) in [7, 11) is 0. The Bertz CT molecular complexity index is 386. The predicted molar refractivity (Wildman–Crippen MR) is 70.8 cm³/mol. The Balaban J connectivity index is 2.06. The number of piperidine rings is 1. The van der Waals surface area contributed by atoms with Gasteiger partial charge in [0.15, 0.2) is 0 Å². The zero-order valence-corrected chi connectivity index (χ0v) is 11.1. The molecule has 1 aromatic rings. The third kappa shape index (κ3) is 2.90. The number of aliphatic hydroxyl groups excluding tert-OH is 1. The fraction of sp³-hybridized carbons (Fsp3) is 0.600. The molecule has 1 saturated heterocycles. The van der Waals surface area contributed by atoms with Gasteiger partial charge in [0, 0.05) is 24.2 Å². The normalized spacial score (nSPS) is 27.1. The van der Waals surface area contributed by atoms with E-state index in [2.05, 4.69) is 18.7 Å². The molecule has 1 aliphatic rings. The smallest absolute Gasteiger partial charge is 0.129 e. The van der Waals surface area contributed by atoms with Gasteiger partial charge in [-0.1, -0.05) is 24.6 Å². The molecule has 0 aromatic heterocycles. The molecule has 3 heteroatoms. The van der Waals surface area contributed by atoms with Crippen LogP contribution in [0.4, 0.5) is 4.39 Å². The highest BCUT2D eigenvalue weighted by atomic mass is 19.1. The number of rotatable bonds is 3. The fourth-order valence-corrected chi connectivity index (χ4v) is 2.88. The first kappa shape index (κ1) is 13.5. The molecule has 3 unspecified atom stereocenters. The van der Waals surface area contributed by atoms with Gasteiger partial charge in [-0.25, -0.2) is 4.39 Å². The van der Waals surface area contributed by atoms with Crippen LogP contribution in [-0.4, -0.2) is 28.6 Å². The summed E-state index contributed by atoms with van der Waals surface area (Å²) in [4.78, 5) is 2.29. The van der Waals surface area contributed by atoms with Crippen molar-refractivity contribution in [1.82, 2.24) is 4.90 Å². The Labute approximate surface area is 108 Å². The van der Waals surface area contributed by atoms with Gasteiger partial charge >= 0.3 is 0 Å². The third-order valence-corrected chi connectivity index (χ3v) is 4.02. The average Bonchev–Trinajstić information content (AvgIpc) is 2.34. The SMILES string of the molecule is CC1CCCC(C)N1CC(O)c1ccccc1F. The Hall–Kier alpha value is -0.930. The topological polar surface area (TPSA) is 23.5 Å². The molecule has 0 radical (unpaired) electrons. The average molecular weight is 251 g/mol. The van der Waals surface area contributed by atoms with Crippen LogP contribution >= 0.6 is 0 Å². The van der Waals surface area contributed by atoms with Crippen molar-refractivity contribution >= 4 is 0 Å². The summed E-state index contributed by atoms with van der Waals surface area (Å²) in [5, 5.41) is 10.2. The Morgan fingerprint density at radius 3 is 2.50 bits per heavy atom. The van der Waals surface area contributed by atoms with Crippen molar-refractivity contribution in [3.63, 3.8) is 0 Å². The minimum Gasteiger partial charge on any atom is -0.387 e. The lowest BCUT2D eigenvalue weighted by molar-refractivity contribution is 0.0398. The zero-order valence-electron chi connectivity index (χ0n) is 11.1. The minimum atomic E-state index is -0.741. The molecule has 100 valence electrons. The summed E-state index contributed by atoms with van der Waals surface area (Å²) in [6.45, 7) is 4.89. The van der Waals surface area contributed by atoms with Crippen LogP contribution in [0.1, 0.15) is 44.8 Å². The van der Waals surface area contributed by atoms with Crippen LogP contribution in [0, 0.1) is 5.82 Å². The summed E-state index contributed by atoms with van der Waals surface area (Å²) in [6, 6.07) is 7.42. The third-order valence-electron chi connectivity index (χ3n) is 4.02. The highest BCUT2D eigenvalue weighted by molar-refractivity contribution is 5.20. The van der Waals surface area contributed by atoms with Crippen molar-refractivity contribution in [2.24, 2.45) is 0 Å². The molecule has 1 fully saturated rings. The number of aliphatic hydroxyl groups is 1. The first-order valence-electron chi connectivity index (χ1n) is 6.78. The van der Waals surface area contributed by atoms with Crippen molar-refractivity contribution in [3.8, 4) is 0 Å². The number of β-amino-alcohol motifs (C(OH)–C–C–N with tert-alkyl or cyclic N) is 1. The zero-order chi connectivity index (χ0) is 13.1. The van der Waals surface area contributed by atoms with Gasteiger partial charge in [0.25, 0.3) is 0 Å². The lowest BCUT2D eigenvalue weighted by atomic mass is 9.96. The van der Waals surface area contributed by atoms with E-state index in [1.807, 2.05) is 0 Å². The van der Waals surface area contributed by atoms with Gasteiger partial charge in [-0.3, -0.25) is 4.90 Å². The summed E-state index contributed by atoms with van der Waals surface area (Å²) in [6.07, 6.45) is 2.83. The molecule has 2 rings (SSSR count). The lowest BCUT2D eigenvalue weighted by Gasteiger charge is -2.40. The van der Waals surface area contributed by atoms with Gasteiger partial charge in [0.05, 0.1) is 6.10 Å². The molecule has 1 heterocycles. The molecule has 1 N–H and O–H groups in total. The maximum absolute atomic E-state index is 13.6. The van der Waals surface area contributed by atoms with E-state index in [1.54, 1.807) is 18.2 Å². The molecule has 0 spiro atoms. The van der Waals surface area contributed by atoms with Gasteiger partial charge < -0.3 is 5.11 Å². The van der Waals surface area contributed by atoms with Gasteiger partial charge in [0.1, 0.15) is 5.82 Å². The second kappa shape index (κ2) is 5.81.